The van der Waals surface area contributed by atoms with Crippen LogP contribution in [-0.4, -0.2) is 40.0 Å². The van der Waals surface area contributed by atoms with Crippen molar-refractivity contribution in [3.63, 3.8) is 0 Å². The molecule has 2 aromatic rings. The van der Waals surface area contributed by atoms with Crippen molar-refractivity contribution in [2.45, 2.75) is 19.5 Å². The molecule has 0 aromatic carbocycles. The molecule has 0 fully saturated rings. The normalized spacial score (nSPS) is 11.9. The van der Waals surface area contributed by atoms with Crippen molar-refractivity contribution in [3.05, 3.63) is 40.3 Å². The SMILES string of the molecule is CC(NC(=O)c1cccs1)C(=O)N(C)Cc1cn[nH]c1. The number of rotatable bonds is 5. The molecule has 2 aromatic heterocycles. The maximum absolute atomic E-state index is 12.2. The number of nitrogens with one attached hydrogen (secondary N) is 2. The molecule has 2 amide bonds. The van der Waals surface area contributed by atoms with E-state index in [-0.39, 0.29) is 11.8 Å². The van der Waals surface area contributed by atoms with Crippen LogP contribution >= 0.6 is 11.3 Å². The molecule has 106 valence electrons. The van der Waals surface area contributed by atoms with Crippen LogP contribution < -0.4 is 5.32 Å². The fraction of sp³-hybridized carbons (Fsp3) is 0.308. The highest BCUT2D eigenvalue weighted by molar-refractivity contribution is 7.12. The van der Waals surface area contributed by atoms with Gasteiger partial charge in [-0.05, 0) is 18.4 Å². The van der Waals surface area contributed by atoms with E-state index in [1.807, 2.05) is 5.38 Å². The number of carbonyl (C=O) groups is 2. The molecule has 2 N–H and O–H groups in total. The molecular weight excluding hydrogens is 276 g/mol. The summed E-state index contributed by atoms with van der Waals surface area (Å²) in [4.78, 5) is 26.2. The van der Waals surface area contributed by atoms with Crippen molar-refractivity contribution in [1.82, 2.24) is 20.4 Å². The zero-order valence-electron chi connectivity index (χ0n) is 11.3. The Balaban J connectivity index is 1.89. The van der Waals surface area contributed by atoms with Crippen LogP contribution in [0.15, 0.2) is 29.9 Å². The third kappa shape index (κ3) is 3.45. The summed E-state index contributed by atoms with van der Waals surface area (Å²) in [5.74, 6) is -0.367. The van der Waals surface area contributed by atoms with Gasteiger partial charge in [-0.15, -0.1) is 11.3 Å². The number of carbonyl (C=O) groups excluding carboxylic acids is 2. The van der Waals surface area contributed by atoms with Gasteiger partial charge in [-0.1, -0.05) is 6.07 Å². The van der Waals surface area contributed by atoms with Crippen LogP contribution in [0.4, 0.5) is 0 Å². The van der Waals surface area contributed by atoms with Crippen molar-refractivity contribution >= 4 is 23.2 Å². The number of aromatic nitrogens is 2. The van der Waals surface area contributed by atoms with E-state index in [0.29, 0.717) is 11.4 Å². The summed E-state index contributed by atoms with van der Waals surface area (Å²) in [5.41, 5.74) is 0.914. The smallest absolute Gasteiger partial charge is 0.261 e. The maximum Gasteiger partial charge on any atom is 0.261 e. The lowest BCUT2D eigenvalue weighted by Gasteiger charge is -2.21. The molecule has 0 aliphatic carbocycles. The minimum absolute atomic E-state index is 0.142. The van der Waals surface area contributed by atoms with E-state index < -0.39 is 6.04 Å². The lowest BCUT2D eigenvalue weighted by atomic mass is 10.2. The number of thiophene rings is 1. The average Bonchev–Trinajstić information content (AvgIpc) is 3.10. The van der Waals surface area contributed by atoms with Gasteiger partial charge < -0.3 is 10.2 Å². The molecular formula is C13H16N4O2S. The monoisotopic (exact) mass is 292 g/mol. The quantitative estimate of drug-likeness (QED) is 0.870. The molecule has 0 aliphatic heterocycles. The van der Waals surface area contributed by atoms with E-state index in [1.165, 1.54) is 11.3 Å². The zero-order valence-corrected chi connectivity index (χ0v) is 12.1. The third-order valence-corrected chi connectivity index (χ3v) is 3.68. The lowest BCUT2D eigenvalue weighted by molar-refractivity contribution is -0.132. The Morgan fingerprint density at radius 1 is 1.55 bits per heavy atom. The van der Waals surface area contributed by atoms with Crippen molar-refractivity contribution in [2.24, 2.45) is 0 Å². The number of hydrogen-bond acceptors (Lipinski definition) is 4. The molecule has 0 saturated heterocycles. The van der Waals surface area contributed by atoms with Gasteiger partial charge in [0.15, 0.2) is 0 Å². The Hall–Kier alpha value is -2.15. The van der Waals surface area contributed by atoms with Crippen LogP contribution in [0.1, 0.15) is 22.2 Å². The van der Waals surface area contributed by atoms with Gasteiger partial charge in [0.25, 0.3) is 5.91 Å². The van der Waals surface area contributed by atoms with Crippen LogP contribution in [-0.2, 0) is 11.3 Å². The highest BCUT2D eigenvalue weighted by Crippen LogP contribution is 2.09. The molecule has 2 heterocycles. The van der Waals surface area contributed by atoms with Crippen LogP contribution in [0.3, 0.4) is 0 Å². The van der Waals surface area contributed by atoms with Gasteiger partial charge in [0.2, 0.25) is 5.91 Å². The van der Waals surface area contributed by atoms with Crippen LogP contribution in [0.25, 0.3) is 0 Å². The van der Waals surface area contributed by atoms with Gasteiger partial charge in [-0.3, -0.25) is 14.7 Å². The van der Waals surface area contributed by atoms with Crippen LogP contribution in [0, 0.1) is 0 Å². The molecule has 2 rings (SSSR count). The van der Waals surface area contributed by atoms with Gasteiger partial charge in [0.1, 0.15) is 6.04 Å². The Kier molecular flexibility index (Phi) is 4.52. The van der Waals surface area contributed by atoms with Gasteiger partial charge in [-0.25, -0.2) is 0 Å². The maximum atomic E-state index is 12.2. The van der Waals surface area contributed by atoms with Gasteiger partial charge in [0.05, 0.1) is 11.1 Å². The Labute approximate surface area is 120 Å². The van der Waals surface area contributed by atoms with Gasteiger partial charge in [-0.2, -0.15) is 5.10 Å². The Morgan fingerprint density at radius 3 is 2.95 bits per heavy atom. The summed E-state index contributed by atoms with van der Waals surface area (Å²) in [6, 6.07) is 2.96. The first-order valence-corrected chi connectivity index (χ1v) is 7.03. The number of amides is 2. The van der Waals surface area contributed by atoms with Crippen molar-refractivity contribution < 1.29 is 9.59 Å². The Morgan fingerprint density at radius 2 is 2.35 bits per heavy atom. The number of nitrogens with zero attached hydrogens (tertiary/aromatic N) is 2. The highest BCUT2D eigenvalue weighted by Gasteiger charge is 2.20. The first-order valence-electron chi connectivity index (χ1n) is 6.15. The summed E-state index contributed by atoms with van der Waals surface area (Å²) >= 11 is 1.35. The first-order chi connectivity index (χ1) is 9.58. The zero-order chi connectivity index (χ0) is 14.5. The summed E-state index contributed by atoms with van der Waals surface area (Å²) < 4.78 is 0. The fourth-order valence-electron chi connectivity index (χ4n) is 1.78. The predicted molar refractivity (Wildman–Crippen MR) is 76.3 cm³/mol. The summed E-state index contributed by atoms with van der Waals surface area (Å²) in [5, 5.41) is 11.1. The molecule has 0 bridgehead atoms. The van der Waals surface area contributed by atoms with Crippen LogP contribution in [0.5, 0.6) is 0 Å². The number of likely N-dealkylation sites (N-methyl/N-ethyl adjacent to an activating group) is 1. The average molecular weight is 292 g/mol. The summed E-state index contributed by atoms with van der Waals surface area (Å²) in [6.45, 7) is 2.13. The summed E-state index contributed by atoms with van der Waals surface area (Å²) in [6.07, 6.45) is 3.40. The van der Waals surface area contributed by atoms with E-state index in [2.05, 4.69) is 15.5 Å². The molecule has 0 saturated carbocycles. The topological polar surface area (TPSA) is 78.1 Å². The third-order valence-electron chi connectivity index (χ3n) is 2.81. The number of hydrogen-bond donors (Lipinski definition) is 2. The van der Waals surface area contributed by atoms with Gasteiger partial charge in [0, 0.05) is 25.4 Å². The fourth-order valence-corrected chi connectivity index (χ4v) is 2.41. The van der Waals surface area contributed by atoms with Crippen molar-refractivity contribution in [3.8, 4) is 0 Å². The van der Waals surface area contributed by atoms with E-state index in [4.69, 9.17) is 0 Å². The molecule has 20 heavy (non-hydrogen) atoms. The highest BCUT2D eigenvalue weighted by atomic mass is 32.1. The number of H-pyrrole nitrogens is 1. The predicted octanol–water partition coefficient (Wildman–Crippen LogP) is 1.25. The van der Waals surface area contributed by atoms with E-state index in [1.54, 1.807) is 43.4 Å². The second-order valence-corrected chi connectivity index (χ2v) is 5.42. The van der Waals surface area contributed by atoms with E-state index in [0.717, 1.165) is 5.56 Å². The number of aromatic amines is 1. The van der Waals surface area contributed by atoms with E-state index >= 15 is 0 Å². The van der Waals surface area contributed by atoms with E-state index in [9.17, 15) is 9.59 Å². The molecule has 0 aliphatic rings. The minimum atomic E-state index is -0.568. The second kappa shape index (κ2) is 6.33. The molecule has 1 atom stereocenters. The minimum Gasteiger partial charge on any atom is -0.340 e. The largest absolute Gasteiger partial charge is 0.340 e. The van der Waals surface area contributed by atoms with Gasteiger partial charge >= 0.3 is 0 Å². The summed E-state index contributed by atoms with van der Waals surface area (Å²) in [7, 11) is 1.70. The molecule has 6 nitrogen and oxygen atoms in total. The first kappa shape index (κ1) is 14.3. The standard InChI is InChI=1S/C13H16N4O2S/c1-9(16-12(18)11-4-3-5-20-11)13(19)17(2)8-10-6-14-15-7-10/h3-7,9H,8H2,1-2H3,(H,14,15)(H,16,18). The Bertz CT molecular complexity index is 565. The van der Waals surface area contributed by atoms with Crippen LogP contribution in [0.2, 0.25) is 0 Å². The van der Waals surface area contributed by atoms with Crippen molar-refractivity contribution in [2.75, 3.05) is 7.05 Å². The van der Waals surface area contributed by atoms with Crippen molar-refractivity contribution in [1.29, 1.82) is 0 Å². The molecule has 0 spiro atoms. The second-order valence-electron chi connectivity index (χ2n) is 4.47. The molecule has 0 radical (unpaired) electrons. The molecule has 1 unspecified atom stereocenters. The molecule has 7 heteroatoms. The lowest BCUT2D eigenvalue weighted by Crippen LogP contribution is -2.45.